The molecule has 3 rings (SSSR count). The van der Waals surface area contributed by atoms with Crippen LogP contribution in [0.15, 0.2) is 41.6 Å². The highest BCUT2D eigenvalue weighted by Gasteiger charge is 2.11. The summed E-state index contributed by atoms with van der Waals surface area (Å²) in [6, 6.07) is 10.3. The van der Waals surface area contributed by atoms with Crippen molar-refractivity contribution in [1.29, 1.82) is 0 Å². The fraction of sp³-hybridized carbons (Fsp3) is 0.389. The first-order chi connectivity index (χ1) is 11.2. The maximum Gasteiger partial charge on any atom is 0.189 e. The second kappa shape index (κ2) is 7.51. The second-order valence-corrected chi connectivity index (χ2v) is 6.32. The maximum atomic E-state index is 5.47. The van der Waals surface area contributed by atoms with Gasteiger partial charge < -0.3 is 4.90 Å². The number of benzene rings is 1. The molecular weight excluding hydrogens is 304 g/mol. The molecule has 5 heteroatoms. The number of hydrazone groups is 1. The Morgan fingerprint density at radius 2 is 1.83 bits per heavy atom. The van der Waals surface area contributed by atoms with Crippen LogP contribution < -0.4 is 5.43 Å². The van der Waals surface area contributed by atoms with Gasteiger partial charge in [-0.2, -0.15) is 5.10 Å². The van der Waals surface area contributed by atoms with Gasteiger partial charge >= 0.3 is 0 Å². The van der Waals surface area contributed by atoms with E-state index in [9.17, 15) is 0 Å². The Kier molecular flexibility index (Phi) is 5.18. The number of nitrogens with one attached hydrogen (secondary N) is 1. The van der Waals surface area contributed by atoms with Crippen LogP contribution in [-0.4, -0.2) is 33.8 Å². The van der Waals surface area contributed by atoms with Gasteiger partial charge in [0.2, 0.25) is 0 Å². The van der Waals surface area contributed by atoms with Crippen LogP contribution in [0.25, 0.3) is 10.8 Å². The molecule has 4 nitrogen and oxygen atoms in total. The van der Waals surface area contributed by atoms with Crippen LogP contribution in [0.5, 0.6) is 0 Å². The van der Waals surface area contributed by atoms with Crippen LogP contribution in [0.1, 0.15) is 38.3 Å². The maximum absolute atomic E-state index is 5.47. The van der Waals surface area contributed by atoms with Gasteiger partial charge in [-0.05, 0) is 43.4 Å². The molecule has 0 radical (unpaired) electrons. The Morgan fingerprint density at radius 1 is 1.13 bits per heavy atom. The largest absolute Gasteiger partial charge is 0.348 e. The third-order valence-electron chi connectivity index (χ3n) is 4.21. The van der Waals surface area contributed by atoms with Crippen molar-refractivity contribution in [3.8, 4) is 0 Å². The van der Waals surface area contributed by atoms with Gasteiger partial charge in [-0.1, -0.05) is 37.1 Å². The van der Waals surface area contributed by atoms with E-state index in [-0.39, 0.29) is 0 Å². The molecule has 2 heterocycles. The molecular formula is C18H22N4S. The number of pyridine rings is 1. The topological polar surface area (TPSA) is 40.5 Å². The van der Waals surface area contributed by atoms with Gasteiger partial charge in [0.25, 0.3) is 0 Å². The molecule has 0 amide bonds. The molecule has 0 aliphatic carbocycles. The number of hydrogen-bond acceptors (Lipinski definition) is 3. The van der Waals surface area contributed by atoms with E-state index < -0.39 is 0 Å². The molecule has 0 spiro atoms. The van der Waals surface area contributed by atoms with Crippen LogP contribution >= 0.6 is 12.2 Å². The molecule has 1 aromatic heterocycles. The van der Waals surface area contributed by atoms with Crippen LogP contribution in [0.4, 0.5) is 0 Å². The predicted octanol–water partition coefficient (Wildman–Crippen LogP) is 3.71. The lowest BCUT2D eigenvalue weighted by Gasteiger charge is -2.22. The second-order valence-electron chi connectivity index (χ2n) is 5.93. The number of fused-ring (bicyclic) bond motifs is 1. The lowest BCUT2D eigenvalue weighted by molar-refractivity contribution is 0.428. The molecule has 1 N–H and O–H groups in total. The summed E-state index contributed by atoms with van der Waals surface area (Å²) in [5, 5.41) is 7.45. The summed E-state index contributed by atoms with van der Waals surface area (Å²) in [5.41, 5.74) is 4.74. The van der Waals surface area contributed by atoms with Crippen molar-refractivity contribution < 1.29 is 0 Å². The van der Waals surface area contributed by atoms with Crippen LogP contribution in [-0.2, 0) is 0 Å². The monoisotopic (exact) mass is 326 g/mol. The number of thiocarbonyl (C=S) groups is 1. The normalized spacial score (nSPS) is 16.2. The zero-order chi connectivity index (χ0) is 16.1. The van der Waals surface area contributed by atoms with E-state index in [0.29, 0.717) is 5.11 Å². The summed E-state index contributed by atoms with van der Waals surface area (Å²) in [6.45, 7) is 4.00. The molecule has 0 bridgehead atoms. The summed E-state index contributed by atoms with van der Waals surface area (Å²) >= 11 is 5.47. The first-order valence-corrected chi connectivity index (χ1v) is 8.59. The van der Waals surface area contributed by atoms with Crippen molar-refractivity contribution >= 4 is 33.8 Å². The van der Waals surface area contributed by atoms with Gasteiger partial charge in [-0.15, -0.1) is 0 Å². The average molecular weight is 326 g/mol. The summed E-state index contributed by atoms with van der Waals surface area (Å²) in [4.78, 5) is 6.70. The molecule has 1 aliphatic rings. The summed E-state index contributed by atoms with van der Waals surface area (Å²) in [6.07, 6.45) is 6.88. The lowest BCUT2D eigenvalue weighted by atomic mass is 10.1. The zero-order valence-corrected chi connectivity index (χ0v) is 14.3. The fourth-order valence-corrected chi connectivity index (χ4v) is 3.04. The van der Waals surface area contributed by atoms with Crippen molar-refractivity contribution in [3.63, 3.8) is 0 Å². The summed E-state index contributed by atoms with van der Waals surface area (Å²) < 4.78 is 0. The third-order valence-corrected chi connectivity index (χ3v) is 4.56. The van der Waals surface area contributed by atoms with E-state index in [2.05, 4.69) is 38.6 Å². The first kappa shape index (κ1) is 15.9. The van der Waals surface area contributed by atoms with Crippen LogP contribution in [0.3, 0.4) is 0 Å². The van der Waals surface area contributed by atoms with Crippen LogP contribution in [0.2, 0.25) is 0 Å². The van der Waals surface area contributed by atoms with Gasteiger partial charge in [0.05, 0.1) is 11.4 Å². The highest BCUT2D eigenvalue weighted by molar-refractivity contribution is 7.80. The molecule has 2 aromatic rings. The number of likely N-dealkylation sites (tertiary alicyclic amines) is 1. The smallest absolute Gasteiger partial charge is 0.189 e. The molecule has 0 saturated carbocycles. The quantitative estimate of drug-likeness (QED) is 0.519. The Balaban J connectivity index is 1.69. The van der Waals surface area contributed by atoms with Crippen molar-refractivity contribution in [3.05, 3.63) is 42.2 Å². The van der Waals surface area contributed by atoms with Gasteiger partial charge in [0.15, 0.2) is 5.11 Å². The molecule has 120 valence electrons. The SMILES string of the molecule is CC(=NNC(=S)N1CCCCCC1)c1cc2ccccc2cn1. The van der Waals surface area contributed by atoms with Crippen molar-refractivity contribution in [1.82, 2.24) is 15.3 Å². The van der Waals surface area contributed by atoms with Crippen molar-refractivity contribution in [2.45, 2.75) is 32.6 Å². The van der Waals surface area contributed by atoms with Crippen molar-refractivity contribution in [2.75, 3.05) is 13.1 Å². The average Bonchev–Trinajstić information content (AvgIpc) is 2.88. The van der Waals surface area contributed by atoms with E-state index in [1.54, 1.807) is 0 Å². The molecule has 0 unspecified atom stereocenters. The highest BCUT2D eigenvalue weighted by atomic mass is 32.1. The number of nitrogens with zero attached hydrogens (tertiary/aromatic N) is 3. The minimum Gasteiger partial charge on any atom is -0.348 e. The van der Waals surface area contributed by atoms with Crippen molar-refractivity contribution in [2.24, 2.45) is 5.10 Å². The van der Waals surface area contributed by atoms with Crippen LogP contribution in [0, 0.1) is 0 Å². The Labute approximate surface area is 142 Å². The van der Waals surface area contributed by atoms with E-state index >= 15 is 0 Å². The molecule has 1 aromatic carbocycles. The standard InChI is InChI=1S/C18H22N4S/c1-14(17-12-15-8-4-5-9-16(15)13-19-17)20-21-18(23)22-10-6-2-3-7-11-22/h4-5,8-9,12-13H,2-3,6-7,10-11H2,1H3,(H,21,23). The molecule has 1 saturated heterocycles. The number of hydrogen-bond donors (Lipinski definition) is 1. The van der Waals surface area contributed by atoms with E-state index in [0.717, 1.165) is 29.9 Å². The predicted molar refractivity (Wildman–Crippen MR) is 99.7 cm³/mol. The molecule has 23 heavy (non-hydrogen) atoms. The minimum atomic E-state index is 0.715. The lowest BCUT2D eigenvalue weighted by Crippen LogP contribution is -2.38. The van der Waals surface area contributed by atoms with E-state index in [1.165, 1.54) is 31.1 Å². The minimum absolute atomic E-state index is 0.715. The van der Waals surface area contributed by atoms with Gasteiger partial charge in [-0.25, -0.2) is 0 Å². The summed E-state index contributed by atoms with van der Waals surface area (Å²) in [5.74, 6) is 0. The third kappa shape index (κ3) is 4.05. The Bertz CT molecular complexity index is 718. The molecule has 1 fully saturated rings. The fourth-order valence-electron chi connectivity index (χ4n) is 2.81. The number of aromatic nitrogens is 1. The first-order valence-electron chi connectivity index (χ1n) is 8.18. The summed E-state index contributed by atoms with van der Waals surface area (Å²) in [7, 11) is 0. The highest BCUT2D eigenvalue weighted by Crippen LogP contribution is 2.14. The van der Waals surface area contributed by atoms with E-state index in [1.807, 2.05) is 25.3 Å². The van der Waals surface area contributed by atoms with Gasteiger partial charge in [-0.3, -0.25) is 10.4 Å². The molecule has 0 atom stereocenters. The Morgan fingerprint density at radius 3 is 2.57 bits per heavy atom. The molecule has 1 aliphatic heterocycles. The van der Waals surface area contributed by atoms with Gasteiger partial charge in [0.1, 0.15) is 0 Å². The van der Waals surface area contributed by atoms with E-state index in [4.69, 9.17) is 12.2 Å². The zero-order valence-electron chi connectivity index (χ0n) is 13.5. The number of rotatable bonds is 2. The Hall–Kier alpha value is -2.01. The van der Waals surface area contributed by atoms with Gasteiger partial charge in [0, 0.05) is 24.7 Å².